The summed E-state index contributed by atoms with van der Waals surface area (Å²) < 4.78 is 11.5. The highest BCUT2D eigenvalue weighted by Gasteiger charge is 2.52. The smallest absolute Gasteiger partial charge is 0.226 e. The van der Waals surface area contributed by atoms with Crippen LogP contribution in [0.2, 0.25) is 0 Å². The van der Waals surface area contributed by atoms with Crippen LogP contribution in [0.5, 0.6) is 5.75 Å². The van der Waals surface area contributed by atoms with Gasteiger partial charge in [0.1, 0.15) is 24.3 Å². The van der Waals surface area contributed by atoms with Crippen LogP contribution in [0.15, 0.2) is 83.6 Å². The van der Waals surface area contributed by atoms with Crippen LogP contribution in [-0.2, 0) is 18.6 Å². The molecule has 2 aromatic heterocycles. The van der Waals surface area contributed by atoms with Crippen molar-refractivity contribution in [2.75, 3.05) is 0 Å². The van der Waals surface area contributed by atoms with Crippen LogP contribution in [-0.4, -0.2) is 15.1 Å². The van der Waals surface area contributed by atoms with Crippen molar-refractivity contribution in [1.82, 2.24) is 9.97 Å². The highest BCUT2D eigenvalue weighted by atomic mass is 16.5. The van der Waals surface area contributed by atoms with Gasteiger partial charge in [0.2, 0.25) is 5.89 Å². The van der Waals surface area contributed by atoms with Crippen molar-refractivity contribution in [3.05, 3.63) is 102 Å². The monoisotopic (exact) mass is 452 g/mol. The number of hydrogen-bond donors (Lipinski definition) is 1. The Bertz CT molecular complexity index is 1250. The Kier molecular flexibility index (Phi) is 5.42. The average Bonchev–Trinajstić information content (AvgIpc) is 3.65. The van der Waals surface area contributed by atoms with Gasteiger partial charge >= 0.3 is 0 Å². The van der Waals surface area contributed by atoms with E-state index in [4.69, 9.17) is 9.15 Å². The van der Waals surface area contributed by atoms with Gasteiger partial charge in [-0.25, -0.2) is 4.98 Å². The Labute approximate surface area is 199 Å². The second-order valence-electron chi connectivity index (χ2n) is 9.57. The number of ether oxygens (including phenoxy) is 1. The first-order valence-electron chi connectivity index (χ1n) is 12.0. The number of aliphatic hydroxyl groups is 1. The highest BCUT2D eigenvalue weighted by molar-refractivity contribution is 5.56. The zero-order valence-corrected chi connectivity index (χ0v) is 19.1. The summed E-state index contributed by atoms with van der Waals surface area (Å²) in [5.74, 6) is 2.87. The molecule has 2 aromatic carbocycles. The van der Waals surface area contributed by atoms with E-state index in [1.165, 1.54) is 43.1 Å². The minimum atomic E-state index is -0.116. The Morgan fingerprint density at radius 3 is 2.35 bits per heavy atom. The van der Waals surface area contributed by atoms with Crippen molar-refractivity contribution in [3.8, 4) is 17.2 Å². The Morgan fingerprint density at radius 2 is 1.74 bits per heavy atom. The molecule has 4 aromatic rings. The minimum absolute atomic E-state index is 0.0355. The van der Waals surface area contributed by atoms with Crippen LogP contribution in [0.4, 0.5) is 0 Å². The first-order valence-corrected chi connectivity index (χ1v) is 12.0. The summed E-state index contributed by atoms with van der Waals surface area (Å²) in [5.41, 5.74) is 5.17. The van der Waals surface area contributed by atoms with Gasteiger partial charge in [0.05, 0.1) is 12.3 Å². The van der Waals surface area contributed by atoms with Crippen LogP contribution < -0.4 is 4.74 Å². The summed E-state index contributed by atoms with van der Waals surface area (Å²) in [5, 5.41) is 9.28. The summed E-state index contributed by atoms with van der Waals surface area (Å²) >= 11 is 0. The molecule has 5 nitrogen and oxygen atoms in total. The minimum Gasteiger partial charge on any atom is -0.487 e. The van der Waals surface area contributed by atoms with Gasteiger partial charge < -0.3 is 14.3 Å². The fourth-order valence-corrected chi connectivity index (χ4v) is 6.12. The lowest BCUT2D eigenvalue weighted by Gasteiger charge is -2.39. The first-order chi connectivity index (χ1) is 16.7. The van der Waals surface area contributed by atoms with E-state index in [0.29, 0.717) is 24.1 Å². The summed E-state index contributed by atoms with van der Waals surface area (Å²) in [4.78, 5) is 8.69. The molecule has 0 aliphatic heterocycles. The summed E-state index contributed by atoms with van der Waals surface area (Å²) in [6.45, 7) is 0.353. The van der Waals surface area contributed by atoms with Crippen molar-refractivity contribution in [3.63, 3.8) is 0 Å². The number of aliphatic hydroxyl groups excluding tert-OH is 1. The van der Waals surface area contributed by atoms with Crippen molar-refractivity contribution in [2.24, 2.45) is 11.8 Å². The van der Waals surface area contributed by atoms with Gasteiger partial charge in [-0.15, -0.1) is 0 Å². The van der Waals surface area contributed by atoms with Crippen molar-refractivity contribution in [2.45, 2.75) is 44.3 Å². The molecule has 2 bridgehead atoms. The number of nitrogens with zero attached hydrogens (tertiary/aromatic N) is 2. The number of fused-ring (bicyclic) bond motifs is 2. The van der Waals surface area contributed by atoms with Crippen LogP contribution in [0.3, 0.4) is 0 Å². The van der Waals surface area contributed by atoms with Gasteiger partial charge in [-0.2, -0.15) is 0 Å². The lowest BCUT2D eigenvalue weighted by Crippen LogP contribution is -2.34. The molecule has 0 radical (unpaired) electrons. The molecule has 172 valence electrons. The third-order valence-corrected chi connectivity index (χ3v) is 7.69. The average molecular weight is 453 g/mol. The number of rotatable bonds is 7. The molecule has 3 atom stereocenters. The molecular formula is C29H28N2O3. The van der Waals surface area contributed by atoms with Crippen molar-refractivity contribution in [1.29, 1.82) is 0 Å². The third kappa shape index (κ3) is 3.70. The van der Waals surface area contributed by atoms with Crippen molar-refractivity contribution >= 4 is 0 Å². The van der Waals surface area contributed by atoms with Gasteiger partial charge in [-0.05, 0) is 78.6 Å². The van der Waals surface area contributed by atoms with E-state index in [2.05, 4.69) is 58.5 Å². The Balaban J connectivity index is 1.28. The number of pyridine rings is 1. The zero-order chi connectivity index (χ0) is 23.0. The van der Waals surface area contributed by atoms with E-state index in [0.717, 1.165) is 22.9 Å². The number of aromatic nitrogens is 2. The van der Waals surface area contributed by atoms with Gasteiger partial charge in [0.15, 0.2) is 0 Å². The fraction of sp³-hybridized carbons (Fsp3) is 0.310. The molecule has 2 aliphatic rings. The van der Waals surface area contributed by atoms with E-state index >= 15 is 0 Å². The first kappa shape index (κ1) is 21.1. The maximum Gasteiger partial charge on any atom is 0.226 e. The maximum absolute atomic E-state index is 9.28. The molecule has 2 unspecified atom stereocenters. The Hall–Kier alpha value is -3.44. The van der Waals surface area contributed by atoms with E-state index < -0.39 is 0 Å². The van der Waals surface area contributed by atoms with Gasteiger partial charge in [0.25, 0.3) is 0 Å². The number of oxazole rings is 1. The molecule has 0 spiro atoms. The second-order valence-corrected chi connectivity index (χ2v) is 9.57. The summed E-state index contributed by atoms with van der Waals surface area (Å²) in [7, 11) is 0. The lowest BCUT2D eigenvalue weighted by molar-refractivity contribution is 0.276. The summed E-state index contributed by atoms with van der Waals surface area (Å²) in [6.07, 6.45) is 8.43. The van der Waals surface area contributed by atoms with Gasteiger partial charge in [-0.3, -0.25) is 4.98 Å². The normalized spacial score (nSPS) is 23.3. The molecule has 2 aliphatic carbocycles. The van der Waals surface area contributed by atoms with Crippen molar-refractivity contribution < 1.29 is 14.3 Å². The molecule has 34 heavy (non-hydrogen) atoms. The quantitative estimate of drug-likeness (QED) is 0.377. The standard InChI is InChI=1S/C29H28N2O3/c32-17-26-19-34-28(31-26)21-5-8-22(9-6-21)29(16-20-4-7-24(29)15-20)23-10-12-27(13-11-23)33-18-25-3-1-2-14-30-25/h1-3,5-6,8-14,19-20,24,32H,4,7,15-18H2/t20?,24?,29-/m0/s1. The van der Waals surface area contributed by atoms with E-state index in [1.54, 1.807) is 6.20 Å². The van der Waals surface area contributed by atoms with Gasteiger partial charge in [0, 0.05) is 17.2 Å². The molecule has 6 rings (SSSR count). The molecule has 0 amide bonds. The van der Waals surface area contributed by atoms with E-state index in [1.807, 2.05) is 18.2 Å². The number of benzene rings is 2. The van der Waals surface area contributed by atoms with Crippen LogP contribution >= 0.6 is 0 Å². The third-order valence-electron chi connectivity index (χ3n) is 7.69. The predicted molar refractivity (Wildman–Crippen MR) is 129 cm³/mol. The molecule has 2 fully saturated rings. The number of hydrogen-bond acceptors (Lipinski definition) is 5. The molecule has 1 N–H and O–H groups in total. The largest absolute Gasteiger partial charge is 0.487 e. The molecular weight excluding hydrogens is 424 g/mol. The second kappa shape index (κ2) is 8.73. The van der Waals surface area contributed by atoms with Crippen LogP contribution in [0.1, 0.15) is 48.2 Å². The highest BCUT2D eigenvalue weighted by Crippen LogP contribution is 2.60. The molecule has 0 saturated heterocycles. The molecule has 2 saturated carbocycles. The lowest BCUT2D eigenvalue weighted by atomic mass is 9.64. The maximum atomic E-state index is 9.28. The van der Waals surface area contributed by atoms with E-state index in [9.17, 15) is 5.11 Å². The predicted octanol–water partition coefficient (Wildman–Crippen LogP) is 5.91. The molecule has 5 heteroatoms. The molecule has 2 heterocycles. The Morgan fingerprint density at radius 1 is 0.941 bits per heavy atom. The zero-order valence-electron chi connectivity index (χ0n) is 19.1. The van der Waals surface area contributed by atoms with Crippen LogP contribution in [0, 0.1) is 11.8 Å². The van der Waals surface area contributed by atoms with Gasteiger partial charge in [-0.1, -0.05) is 36.8 Å². The fourth-order valence-electron chi connectivity index (χ4n) is 6.12. The van der Waals surface area contributed by atoms with Crippen LogP contribution in [0.25, 0.3) is 11.5 Å². The topological polar surface area (TPSA) is 68.4 Å². The van der Waals surface area contributed by atoms with E-state index in [-0.39, 0.29) is 12.0 Å². The summed E-state index contributed by atoms with van der Waals surface area (Å²) in [6, 6.07) is 23.3. The SMILES string of the molecule is OCc1coc(-c2ccc([C@]3(c4ccc(OCc5ccccn5)cc4)CC4CCC3C4)cc2)n1.